The van der Waals surface area contributed by atoms with Crippen molar-refractivity contribution in [3.8, 4) is 5.75 Å². The summed E-state index contributed by atoms with van der Waals surface area (Å²) in [5.41, 5.74) is 0.858. The van der Waals surface area contributed by atoms with E-state index in [0.29, 0.717) is 18.4 Å². The maximum absolute atomic E-state index is 5.61. The van der Waals surface area contributed by atoms with Crippen molar-refractivity contribution in [3.05, 3.63) is 35.8 Å². The summed E-state index contributed by atoms with van der Waals surface area (Å²) in [6.45, 7) is 2.20. The molecule has 3 rings (SSSR count). The topological polar surface area (TPSA) is 61.0 Å². The van der Waals surface area contributed by atoms with Gasteiger partial charge in [0.1, 0.15) is 5.75 Å². The summed E-state index contributed by atoms with van der Waals surface area (Å²) in [5, 5.41) is 8.06. The Morgan fingerprint density at radius 3 is 3.00 bits per heavy atom. The average molecular weight is 245 g/mol. The Morgan fingerprint density at radius 2 is 2.28 bits per heavy atom. The van der Waals surface area contributed by atoms with Crippen molar-refractivity contribution in [2.75, 3.05) is 0 Å². The summed E-state index contributed by atoms with van der Waals surface area (Å²) < 4.78 is 11.2. The van der Waals surface area contributed by atoms with E-state index in [1.807, 2.05) is 19.1 Å². The third kappa shape index (κ3) is 2.20. The van der Waals surface area contributed by atoms with Crippen LogP contribution in [0, 0.1) is 6.92 Å². The zero-order valence-corrected chi connectivity index (χ0v) is 10.3. The molecule has 1 aliphatic rings. The van der Waals surface area contributed by atoms with Gasteiger partial charge in [0.25, 0.3) is 5.89 Å². The number of hydrogen-bond acceptors (Lipinski definition) is 5. The van der Waals surface area contributed by atoms with Crippen molar-refractivity contribution < 1.29 is 9.15 Å². The molecule has 1 saturated carbocycles. The molecule has 2 heterocycles. The lowest BCUT2D eigenvalue weighted by Crippen LogP contribution is -2.08. The molecule has 0 aromatic carbocycles. The second kappa shape index (κ2) is 4.76. The summed E-state index contributed by atoms with van der Waals surface area (Å²) in [5.74, 6) is 2.50. The lowest BCUT2D eigenvalue weighted by molar-refractivity contribution is 0.246. The Morgan fingerprint density at radius 1 is 1.39 bits per heavy atom. The number of aryl methyl sites for hydroxylation is 1. The van der Waals surface area contributed by atoms with E-state index < -0.39 is 0 Å². The van der Waals surface area contributed by atoms with Crippen LogP contribution in [0.4, 0.5) is 0 Å². The van der Waals surface area contributed by atoms with E-state index >= 15 is 0 Å². The van der Waals surface area contributed by atoms with Crippen LogP contribution in [0.1, 0.15) is 42.7 Å². The molecule has 5 nitrogen and oxygen atoms in total. The standard InChI is InChI=1S/C13H15N3O2/c1-9-11(6-3-7-14-9)17-8-12-15-16-13(18-12)10-4-2-5-10/h3,6-7,10H,2,4-5,8H2,1H3. The van der Waals surface area contributed by atoms with Gasteiger partial charge in [-0.15, -0.1) is 10.2 Å². The van der Waals surface area contributed by atoms with Crippen LogP contribution in [0.3, 0.4) is 0 Å². The predicted molar refractivity (Wildman–Crippen MR) is 64.2 cm³/mol. The van der Waals surface area contributed by atoms with Gasteiger partial charge in [0.15, 0.2) is 6.61 Å². The van der Waals surface area contributed by atoms with E-state index in [9.17, 15) is 0 Å². The number of nitrogens with zero attached hydrogens (tertiary/aromatic N) is 3. The molecule has 0 spiro atoms. The maximum Gasteiger partial charge on any atom is 0.253 e. The number of ether oxygens (including phenoxy) is 1. The molecule has 2 aromatic rings. The Hall–Kier alpha value is -1.91. The van der Waals surface area contributed by atoms with Gasteiger partial charge in [0.2, 0.25) is 5.89 Å². The smallest absolute Gasteiger partial charge is 0.253 e. The van der Waals surface area contributed by atoms with Crippen molar-refractivity contribution in [2.24, 2.45) is 0 Å². The van der Waals surface area contributed by atoms with Crippen molar-refractivity contribution >= 4 is 0 Å². The highest BCUT2D eigenvalue weighted by atomic mass is 16.5. The lowest BCUT2D eigenvalue weighted by atomic mass is 9.85. The minimum Gasteiger partial charge on any atom is -0.482 e. The molecule has 0 amide bonds. The maximum atomic E-state index is 5.61. The molecule has 1 fully saturated rings. The summed E-state index contributed by atoms with van der Waals surface area (Å²) in [6.07, 6.45) is 5.31. The molecule has 2 aromatic heterocycles. The number of hydrogen-bond donors (Lipinski definition) is 0. The van der Waals surface area contributed by atoms with Gasteiger partial charge in [0, 0.05) is 12.1 Å². The number of rotatable bonds is 4. The first-order valence-electron chi connectivity index (χ1n) is 6.19. The first-order valence-corrected chi connectivity index (χ1v) is 6.19. The summed E-state index contributed by atoms with van der Waals surface area (Å²) in [4.78, 5) is 4.16. The molecular weight excluding hydrogens is 230 g/mol. The van der Waals surface area contributed by atoms with Gasteiger partial charge in [0.05, 0.1) is 5.69 Å². The van der Waals surface area contributed by atoms with Crippen LogP contribution in [0.15, 0.2) is 22.7 Å². The molecule has 0 unspecified atom stereocenters. The predicted octanol–water partition coefficient (Wildman–Crippen LogP) is 2.62. The van der Waals surface area contributed by atoms with Crippen LogP contribution >= 0.6 is 0 Å². The second-order valence-corrected chi connectivity index (χ2v) is 4.54. The monoisotopic (exact) mass is 245 g/mol. The zero-order valence-electron chi connectivity index (χ0n) is 10.3. The minimum absolute atomic E-state index is 0.298. The van der Waals surface area contributed by atoms with E-state index in [-0.39, 0.29) is 0 Å². The molecule has 0 saturated heterocycles. The van der Waals surface area contributed by atoms with E-state index in [4.69, 9.17) is 9.15 Å². The van der Waals surface area contributed by atoms with E-state index in [2.05, 4.69) is 15.2 Å². The molecule has 0 bridgehead atoms. The fourth-order valence-corrected chi connectivity index (χ4v) is 1.91. The van der Waals surface area contributed by atoms with Gasteiger partial charge < -0.3 is 9.15 Å². The van der Waals surface area contributed by atoms with Crippen LogP contribution in [0.25, 0.3) is 0 Å². The Balaban J connectivity index is 1.63. The molecule has 0 radical (unpaired) electrons. The summed E-state index contributed by atoms with van der Waals surface area (Å²) in [6, 6.07) is 3.72. The minimum atomic E-state index is 0.298. The highest BCUT2D eigenvalue weighted by Gasteiger charge is 2.25. The molecule has 1 aliphatic carbocycles. The van der Waals surface area contributed by atoms with Crippen molar-refractivity contribution in [2.45, 2.75) is 38.7 Å². The van der Waals surface area contributed by atoms with Gasteiger partial charge in [-0.05, 0) is 31.9 Å². The van der Waals surface area contributed by atoms with Crippen molar-refractivity contribution in [3.63, 3.8) is 0 Å². The largest absolute Gasteiger partial charge is 0.482 e. The van der Waals surface area contributed by atoms with E-state index in [1.54, 1.807) is 6.20 Å². The van der Waals surface area contributed by atoms with Crippen LogP contribution in [0.5, 0.6) is 5.75 Å². The molecule has 94 valence electrons. The van der Waals surface area contributed by atoms with Crippen LogP contribution in [-0.4, -0.2) is 15.2 Å². The Bertz CT molecular complexity index is 535. The van der Waals surface area contributed by atoms with Gasteiger partial charge >= 0.3 is 0 Å². The highest BCUT2D eigenvalue weighted by molar-refractivity contribution is 5.25. The van der Waals surface area contributed by atoms with Gasteiger partial charge in [-0.3, -0.25) is 4.98 Å². The quantitative estimate of drug-likeness (QED) is 0.828. The lowest BCUT2D eigenvalue weighted by Gasteiger charge is -2.20. The molecule has 0 aliphatic heterocycles. The zero-order chi connectivity index (χ0) is 12.4. The van der Waals surface area contributed by atoms with Gasteiger partial charge in [-0.2, -0.15) is 0 Å². The molecule has 0 N–H and O–H groups in total. The summed E-state index contributed by atoms with van der Waals surface area (Å²) in [7, 11) is 0. The fourth-order valence-electron chi connectivity index (χ4n) is 1.91. The Labute approximate surface area is 105 Å². The van der Waals surface area contributed by atoms with E-state index in [0.717, 1.165) is 30.2 Å². The first-order chi connectivity index (χ1) is 8.83. The number of aromatic nitrogens is 3. The molecule has 18 heavy (non-hydrogen) atoms. The van der Waals surface area contributed by atoms with Crippen LogP contribution in [-0.2, 0) is 6.61 Å². The molecule has 0 atom stereocenters. The van der Waals surface area contributed by atoms with Crippen molar-refractivity contribution in [1.29, 1.82) is 0 Å². The fraction of sp³-hybridized carbons (Fsp3) is 0.462. The van der Waals surface area contributed by atoms with Crippen LogP contribution < -0.4 is 4.74 Å². The SMILES string of the molecule is Cc1ncccc1OCc1nnc(C2CCC2)o1. The highest BCUT2D eigenvalue weighted by Crippen LogP contribution is 2.35. The summed E-state index contributed by atoms with van der Waals surface area (Å²) >= 11 is 0. The molecular formula is C13H15N3O2. The average Bonchev–Trinajstić information content (AvgIpc) is 2.74. The van der Waals surface area contributed by atoms with E-state index in [1.165, 1.54) is 6.42 Å². The van der Waals surface area contributed by atoms with Crippen LogP contribution in [0.2, 0.25) is 0 Å². The number of pyridine rings is 1. The van der Waals surface area contributed by atoms with Gasteiger partial charge in [-0.25, -0.2) is 0 Å². The third-order valence-electron chi connectivity index (χ3n) is 3.25. The third-order valence-corrected chi connectivity index (χ3v) is 3.25. The normalized spacial score (nSPS) is 15.4. The Kier molecular flexibility index (Phi) is 2.96. The van der Waals surface area contributed by atoms with Gasteiger partial charge in [-0.1, -0.05) is 6.42 Å². The van der Waals surface area contributed by atoms with Crippen molar-refractivity contribution in [1.82, 2.24) is 15.2 Å². The first kappa shape index (κ1) is 11.2. The second-order valence-electron chi connectivity index (χ2n) is 4.54. The molecule has 5 heteroatoms.